The van der Waals surface area contributed by atoms with Crippen molar-refractivity contribution >= 4 is 17.0 Å². The van der Waals surface area contributed by atoms with Crippen LogP contribution in [-0.4, -0.2) is 60.7 Å². The highest BCUT2D eigenvalue weighted by Gasteiger charge is 2.23. The molecule has 1 fully saturated rings. The van der Waals surface area contributed by atoms with Gasteiger partial charge in [0.1, 0.15) is 5.75 Å². The zero-order valence-electron chi connectivity index (χ0n) is 19.1. The maximum atomic E-state index is 5.33. The van der Waals surface area contributed by atoms with Crippen molar-refractivity contribution in [1.82, 2.24) is 25.1 Å². The van der Waals surface area contributed by atoms with Gasteiger partial charge in [0.25, 0.3) is 0 Å². The van der Waals surface area contributed by atoms with E-state index in [9.17, 15) is 0 Å². The normalized spacial score (nSPS) is 15.8. The minimum atomic E-state index is 0.319. The van der Waals surface area contributed by atoms with Crippen molar-refractivity contribution in [2.24, 2.45) is 4.99 Å². The first kappa shape index (κ1) is 22.1. The fourth-order valence-electron chi connectivity index (χ4n) is 4.40. The number of nitrogens with zero attached hydrogens (tertiary/aromatic N) is 4. The van der Waals surface area contributed by atoms with Crippen LogP contribution in [0.25, 0.3) is 11.0 Å². The maximum absolute atomic E-state index is 5.33. The van der Waals surface area contributed by atoms with Crippen LogP contribution in [0.2, 0.25) is 0 Å². The number of guanidine groups is 1. The summed E-state index contributed by atoms with van der Waals surface area (Å²) in [5.74, 6) is 1.74. The summed E-state index contributed by atoms with van der Waals surface area (Å²) in [5, 5.41) is 7.01. The van der Waals surface area contributed by atoms with Gasteiger partial charge in [-0.05, 0) is 62.2 Å². The van der Waals surface area contributed by atoms with Crippen molar-refractivity contribution < 1.29 is 4.74 Å². The molecule has 1 aliphatic heterocycles. The predicted molar refractivity (Wildman–Crippen MR) is 130 cm³/mol. The highest BCUT2D eigenvalue weighted by molar-refractivity contribution is 5.79. The molecule has 1 aromatic heterocycles. The molecular weight excluding hydrogens is 400 g/mol. The molecule has 4 rings (SSSR count). The largest absolute Gasteiger partial charge is 0.497 e. The molecule has 2 aromatic carbocycles. The lowest BCUT2D eigenvalue weighted by Gasteiger charge is -2.29. The van der Waals surface area contributed by atoms with Crippen LogP contribution in [0.3, 0.4) is 0 Å². The minimum Gasteiger partial charge on any atom is -0.497 e. The summed E-state index contributed by atoms with van der Waals surface area (Å²) in [6.07, 6.45) is 5.45. The molecule has 0 amide bonds. The van der Waals surface area contributed by atoms with Crippen molar-refractivity contribution in [3.05, 3.63) is 60.4 Å². The van der Waals surface area contributed by atoms with E-state index in [1.807, 2.05) is 31.6 Å². The van der Waals surface area contributed by atoms with Crippen LogP contribution in [0.15, 0.2) is 59.9 Å². The molecule has 7 heteroatoms. The van der Waals surface area contributed by atoms with Crippen LogP contribution in [0, 0.1) is 0 Å². The molecule has 2 heterocycles. The van der Waals surface area contributed by atoms with Crippen molar-refractivity contribution in [3.63, 3.8) is 0 Å². The van der Waals surface area contributed by atoms with E-state index in [4.69, 9.17) is 4.74 Å². The summed E-state index contributed by atoms with van der Waals surface area (Å²) in [6.45, 7) is 4.88. The summed E-state index contributed by atoms with van der Waals surface area (Å²) >= 11 is 0. The quantitative estimate of drug-likeness (QED) is 0.307. The summed E-state index contributed by atoms with van der Waals surface area (Å²) in [7, 11) is 3.54. The molecular formula is C25H34N6O. The topological polar surface area (TPSA) is 66.7 Å². The van der Waals surface area contributed by atoms with Gasteiger partial charge in [0.2, 0.25) is 0 Å². The second kappa shape index (κ2) is 11.0. The molecule has 0 aliphatic carbocycles. The van der Waals surface area contributed by atoms with E-state index in [-0.39, 0.29) is 0 Å². The van der Waals surface area contributed by atoms with E-state index in [0.717, 1.165) is 56.4 Å². The third kappa shape index (κ3) is 5.40. The first-order valence-corrected chi connectivity index (χ1v) is 11.5. The number of imidazole rings is 1. The number of benzene rings is 2. The van der Waals surface area contributed by atoms with Crippen molar-refractivity contribution in [2.45, 2.75) is 31.8 Å². The molecule has 0 radical (unpaired) electrons. The Labute approximate surface area is 190 Å². The Hall–Kier alpha value is -3.06. The molecule has 0 saturated carbocycles. The Bertz CT molecular complexity index is 1010. The Kier molecular flexibility index (Phi) is 7.61. The van der Waals surface area contributed by atoms with Crippen LogP contribution < -0.4 is 15.4 Å². The molecule has 0 bridgehead atoms. The molecule has 3 aromatic rings. The fraction of sp³-hybridized carbons (Fsp3) is 0.440. The third-order valence-corrected chi connectivity index (χ3v) is 6.16. The van der Waals surface area contributed by atoms with Crippen molar-refractivity contribution in [1.29, 1.82) is 0 Å². The number of hydrogen-bond acceptors (Lipinski definition) is 4. The monoisotopic (exact) mass is 434 g/mol. The van der Waals surface area contributed by atoms with E-state index in [0.29, 0.717) is 6.04 Å². The number of aryl methyl sites for hydroxylation is 1. The van der Waals surface area contributed by atoms with Crippen LogP contribution >= 0.6 is 0 Å². The van der Waals surface area contributed by atoms with Crippen molar-refractivity contribution in [2.75, 3.05) is 40.3 Å². The van der Waals surface area contributed by atoms with E-state index < -0.39 is 0 Å². The number of ether oxygens (including phenoxy) is 1. The lowest BCUT2D eigenvalue weighted by molar-refractivity contribution is 0.245. The van der Waals surface area contributed by atoms with Gasteiger partial charge in [-0.3, -0.25) is 9.89 Å². The van der Waals surface area contributed by atoms with Crippen molar-refractivity contribution in [3.8, 4) is 5.75 Å². The van der Waals surface area contributed by atoms with Gasteiger partial charge < -0.3 is 19.9 Å². The Morgan fingerprint density at radius 1 is 1.09 bits per heavy atom. The molecule has 1 aliphatic rings. The highest BCUT2D eigenvalue weighted by atomic mass is 16.5. The maximum Gasteiger partial charge on any atom is 0.191 e. The van der Waals surface area contributed by atoms with Gasteiger partial charge in [0.15, 0.2) is 5.96 Å². The number of aliphatic imine (C=N–C) groups is 1. The first-order valence-electron chi connectivity index (χ1n) is 11.5. The lowest BCUT2D eigenvalue weighted by atomic mass is 10.1. The van der Waals surface area contributed by atoms with Gasteiger partial charge in [0.05, 0.1) is 30.5 Å². The minimum absolute atomic E-state index is 0.319. The fourth-order valence-corrected chi connectivity index (χ4v) is 4.40. The molecule has 1 atom stereocenters. The average molecular weight is 435 g/mol. The Morgan fingerprint density at radius 3 is 2.62 bits per heavy atom. The van der Waals surface area contributed by atoms with E-state index in [1.165, 1.54) is 23.9 Å². The standard InChI is InChI=1S/C25H34N6O/c1-26-25(27-14-7-17-31-19-29-22-8-3-4-9-23(22)31)28-18-24(30-15-5-6-16-30)20-10-12-21(32-2)13-11-20/h3-4,8-13,19,24H,5-7,14-18H2,1-2H3,(H2,26,27,28). The zero-order chi connectivity index (χ0) is 22.2. The van der Waals surface area contributed by atoms with Gasteiger partial charge in [-0.25, -0.2) is 4.98 Å². The van der Waals surface area contributed by atoms with Crippen LogP contribution in [0.4, 0.5) is 0 Å². The summed E-state index contributed by atoms with van der Waals surface area (Å²) < 4.78 is 7.54. The second-order valence-electron chi connectivity index (χ2n) is 8.19. The molecule has 170 valence electrons. The second-order valence-corrected chi connectivity index (χ2v) is 8.19. The van der Waals surface area contributed by atoms with Gasteiger partial charge in [0, 0.05) is 26.7 Å². The average Bonchev–Trinajstić information content (AvgIpc) is 3.51. The number of aromatic nitrogens is 2. The van der Waals surface area contributed by atoms with E-state index in [2.05, 4.69) is 60.4 Å². The molecule has 7 nitrogen and oxygen atoms in total. The van der Waals surface area contributed by atoms with Crippen LogP contribution in [-0.2, 0) is 6.54 Å². The Balaban J connectivity index is 1.29. The number of fused-ring (bicyclic) bond motifs is 1. The number of para-hydroxylation sites is 2. The lowest BCUT2D eigenvalue weighted by Crippen LogP contribution is -2.43. The summed E-state index contributed by atoms with van der Waals surface area (Å²) in [5.41, 5.74) is 3.54. The molecule has 2 N–H and O–H groups in total. The number of likely N-dealkylation sites (tertiary alicyclic amines) is 1. The van der Waals surface area contributed by atoms with Crippen LogP contribution in [0.1, 0.15) is 30.9 Å². The summed E-state index contributed by atoms with van der Waals surface area (Å²) in [6, 6.07) is 17.0. The number of rotatable bonds is 9. The SMILES string of the molecule is CN=C(NCCCn1cnc2ccccc21)NCC(c1ccc(OC)cc1)N1CCCC1. The summed E-state index contributed by atoms with van der Waals surface area (Å²) in [4.78, 5) is 11.5. The molecule has 1 unspecified atom stereocenters. The van der Waals surface area contributed by atoms with Gasteiger partial charge >= 0.3 is 0 Å². The number of nitrogens with one attached hydrogen (secondary N) is 2. The highest BCUT2D eigenvalue weighted by Crippen LogP contribution is 2.26. The van der Waals surface area contributed by atoms with Crippen LogP contribution in [0.5, 0.6) is 5.75 Å². The third-order valence-electron chi connectivity index (χ3n) is 6.16. The smallest absolute Gasteiger partial charge is 0.191 e. The zero-order valence-corrected chi connectivity index (χ0v) is 19.1. The van der Waals surface area contributed by atoms with E-state index in [1.54, 1.807) is 7.11 Å². The Morgan fingerprint density at radius 2 is 1.88 bits per heavy atom. The molecule has 0 spiro atoms. The first-order chi connectivity index (χ1) is 15.8. The van der Waals surface area contributed by atoms with Gasteiger partial charge in [-0.15, -0.1) is 0 Å². The van der Waals surface area contributed by atoms with Gasteiger partial charge in [-0.2, -0.15) is 0 Å². The van der Waals surface area contributed by atoms with Gasteiger partial charge in [-0.1, -0.05) is 24.3 Å². The predicted octanol–water partition coefficient (Wildman–Crippen LogP) is 3.44. The molecule has 32 heavy (non-hydrogen) atoms. The van der Waals surface area contributed by atoms with E-state index >= 15 is 0 Å². The number of methoxy groups -OCH3 is 1. The molecule has 1 saturated heterocycles. The number of hydrogen-bond donors (Lipinski definition) is 2.